The topological polar surface area (TPSA) is 55.8 Å². The van der Waals surface area contributed by atoms with Gasteiger partial charge >= 0.3 is 12.6 Å². The minimum atomic E-state index is -3.05. The highest BCUT2D eigenvalue weighted by molar-refractivity contribution is 7.16. The van der Waals surface area contributed by atoms with Gasteiger partial charge in [0.05, 0.1) is 7.11 Å². The molecule has 4 nitrogen and oxygen atoms in total. The molecule has 1 rings (SSSR count). The van der Waals surface area contributed by atoms with Gasteiger partial charge in [0, 0.05) is 6.07 Å². The van der Waals surface area contributed by atoms with E-state index >= 15 is 0 Å². The molecule has 0 aliphatic heterocycles. The molecule has 0 aliphatic rings. The minimum Gasteiger partial charge on any atom is -0.487 e. The van der Waals surface area contributed by atoms with E-state index in [1.54, 1.807) is 0 Å². The fraction of sp³-hybridized carbons (Fsp3) is 0.286. The number of methoxy groups -OCH3 is 1. The van der Waals surface area contributed by atoms with Gasteiger partial charge in [0.1, 0.15) is 0 Å². The number of carbonyl (C=O) groups is 1. The first-order valence-corrected chi connectivity index (χ1v) is 4.22. The Balaban J connectivity index is 2.99. The van der Waals surface area contributed by atoms with Gasteiger partial charge in [-0.2, -0.15) is 8.78 Å². The minimum absolute atomic E-state index is 0.207. The second-order valence-electron chi connectivity index (χ2n) is 2.15. The number of aromatic carboxylic acids is 1. The van der Waals surface area contributed by atoms with Gasteiger partial charge in [-0.3, -0.25) is 0 Å². The average Bonchev–Trinajstić information content (AvgIpc) is 2.46. The standard InChI is InChI=1S/C7H6F2O4S/c1-12-4-2-3(13-7(8)9)5(14-4)6(10)11/h2,7H,1H3,(H,10,11). The zero-order chi connectivity index (χ0) is 10.7. The van der Waals surface area contributed by atoms with Gasteiger partial charge in [0.25, 0.3) is 0 Å². The zero-order valence-electron chi connectivity index (χ0n) is 6.99. The van der Waals surface area contributed by atoms with E-state index < -0.39 is 12.6 Å². The summed E-state index contributed by atoms with van der Waals surface area (Å²) in [6, 6.07) is 1.11. The Bertz CT molecular complexity index is 336. The van der Waals surface area contributed by atoms with Crippen LogP contribution in [0.1, 0.15) is 9.67 Å². The van der Waals surface area contributed by atoms with Crippen molar-refractivity contribution >= 4 is 17.3 Å². The molecule has 1 N–H and O–H groups in total. The molecular formula is C7H6F2O4S. The van der Waals surface area contributed by atoms with Crippen LogP contribution in [0, 0.1) is 0 Å². The molecule has 0 bridgehead atoms. The predicted molar refractivity (Wildman–Crippen MR) is 44.5 cm³/mol. The second kappa shape index (κ2) is 4.23. The molecule has 0 amide bonds. The summed E-state index contributed by atoms with van der Waals surface area (Å²) in [6.45, 7) is -3.05. The Morgan fingerprint density at radius 3 is 2.71 bits per heavy atom. The van der Waals surface area contributed by atoms with Crippen LogP contribution in [0.25, 0.3) is 0 Å². The molecule has 78 valence electrons. The molecule has 0 saturated heterocycles. The molecule has 0 radical (unpaired) electrons. The van der Waals surface area contributed by atoms with Crippen molar-refractivity contribution in [1.82, 2.24) is 0 Å². The molecule has 0 saturated carbocycles. The average molecular weight is 224 g/mol. The third-order valence-corrected chi connectivity index (χ3v) is 2.35. The van der Waals surface area contributed by atoms with Crippen molar-refractivity contribution in [2.45, 2.75) is 6.61 Å². The van der Waals surface area contributed by atoms with Crippen molar-refractivity contribution in [2.75, 3.05) is 7.11 Å². The molecule has 0 aromatic carbocycles. The summed E-state index contributed by atoms with van der Waals surface area (Å²) in [6.07, 6.45) is 0. The Morgan fingerprint density at radius 2 is 2.29 bits per heavy atom. The Kier molecular flexibility index (Phi) is 3.23. The first-order valence-electron chi connectivity index (χ1n) is 3.40. The van der Waals surface area contributed by atoms with Crippen molar-refractivity contribution in [2.24, 2.45) is 0 Å². The third-order valence-electron chi connectivity index (χ3n) is 1.29. The van der Waals surface area contributed by atoms with Crippen LogP contribution in [-0.2, 0) is 0 Å². The Labute approximate surface area is 81.7 Å². The Morgan fingerprint density at radius 1 is 1.64 bits per heavy atom. The number of halogens is 2. The van der Waals surface area contributed by atoms with Gasteiger partial charge in [0.2, 0.25) is 0 Å². The van der Waals surface area contributed by atoms with Gasteiger partial charge in [-0.25, -0.2) is 4.79 Å². The molecule has 1 heterocycles. The maximum atomic E-state index is 11.8. The fourth-order valence-electron chi connectivity index (χ4n) is 0.786. The number of hydrogen-bond donors (Lipinski definition) is 1. The monoisotopic (exact) mass is 224 g/mol. The second-order valence-corrected chi connectivity index (χ2v) is 3.16. The van der Waals surface area contributed by atoms with Crippen molar-refractivity contribution in [3.05, 3.63) is 10.9 Å². The quantitative estimate of drug-likeness (QED) is 0.850. The lowest BCUT2D eigenvalue weighted by atomic mass is 10.4. The van der Waals surface area contributed by atoms with Crippen LogP contribution in [0.4, 0.5) is 8.78 Å². The molecule has 1 aromatic heterocycles. The molecule has 0 aliphatic carbocycles. The zero-order valence-corrected chi connectivity index (χ0v) is 7.81. The summed E-state index contributed by atoms with van der Waals surface area (Å²) < 4.78 is 32.4. The smallest absolute Gasteiger partial charge is 0.387 e. The fourth-order valence-corrected chi connectivity index (χ4v) is 1.53. The van der Waals surface area contributed by atoms with E-state index in [4.69, 9.17) is 9.84 Å². The molecule has 0 spiro atoms. The van der Waals surface area contributed by atoms with Crippen LogP contribution < -0.4 is 9.47 Å². The number of rotatable bonds is 4. The Hall–Kier alpha value is -1.37. The molecule has 0 atom stereocenters. The summed E-state index contributed by atoms with van der Waals surface area (Å²) in [5.74, 6) is -1.71. The molecule has 14 heavy (non-hydrogen) atoms. The van der Waals surface area contributed by atoms with Gasteiger partial charge in [-0.05, 0) is 0 Å². The number of thiophene rings is 1. The maximum Gasteiger partial charge on any atom is 0.387 e. The normalized spacial score (nSPS) is 10.3. The van der Waals surface area contributed by atoms with Gasteiger partial charge in [0.15, 0.2) is 15.7 Å². The van der Waals surface area contributed by atoms with E-state index in [0.717, 1.165) is 17.4 Å². The van der Waals surface area contributed by atoms with E-state index in [1.807, 2.05) is 0 Å². The number of carboxylic acids is 1. The number of alkyl halides is 2. The number of hydrogen-bond acceptors (Lipinski definition) is 4. The van der Waals surface area contributed by atoms with Gasteiger partial charge in [-0.15, -0.1) is 0 Å². The summed E-state index contributed by atoms with van der Waals surface area (Å²) in [5, 5.41) is 8.82. The number of ether oxygens (including phenoxy) is 2. The maximum absolute atomic E-state index is 11.8. The van der Waals surface area contributed by atoms with E-state index in [-0.39, 0.29) is 15.7 Å². The van der Waals surface area contributed by atoms with Crippen LogP contribution >= 0.6 is 11.3 Å². The molecule has 1 aromatic rings. The van der Waals surface area contributed by atoms with E-state index in [9.17, 15) is 13.6 Å². The van der Waals surface area contributed by atoms with Crippen LogP contribution in [-0.4, -0.2) is 24.8 Å². The summed E-state index contributed by atoms with van der Waals surface area (Å²) in [7, 11) is 1.31. The van der Waals surface area contributed by atoms with Crippen molar-refractivity contribution in [3.8, 4) is 10.8 Å². The van der Waals surface area contributed by atoms with Crippen molar-refractivity contribution in [1.29, 1.82) is 0 Å². The molecular weight excluding hydrogens is 218 g/mol. The third kappa shape index (κ3) is 2.32. The summed E-state index contributed by atoms with van der Waals surface area (Å²) in [5.41, 5.74) is 0. The predicted octanol–water partition coefficient (Wildman–Crippen LogP) is 2.06. The van der Waals surface area contributed by atoms with Gasteiger partial charge in [-0.1, -0.05) is 11.3 Å². The largest absolute Gasteiger partial charge is 0.487 e. The first kappa shape index (κ1) is 10.7. The summed E-state index contributed by atoms with van der Waals surface area (Å²) in [4.78, 5) is 10.3. The van der Waals surface area contributed by atoms with E-state index in [2.05, 4.69) is 4.74 Å². The SMILES string of the molecule is COc1cc(OC(F)F)c(C(=O)O)s1. The van der Waals surface area contributed by atoms with Crippen LogP contribution in [0.15, 0.2) is 6.07 Å². The number of carboxylic acid groups (broad SMARTS) is 1. The van der Waals surface area contributed by atoms with Gasteiger partial charge < -0.3 is 14.6 Å². The highest BCUT2D eigenvalue weighted by Gasteiger charge is 2.19. The molecule has 0 fully saturated rings. The lowest BCUT2D eigenvalue weighted by Gasteiger charge is -2.01. The molecule has 7 heteroatoms. The van der Waals surface area contributed by atoms with E-state index in [1.165, 1.54) is 7.11 Å². The lowest BCUT2D eigenvalue weighted by Crippen LogP contribution is -2.04. The van der Waals surface area contributed by atoms with Crippen LogP contribution in [0.3, 0.4) is 0 Å². The van der Waals surface area contributed by atoms with E-state index in [0.29, 0.717) is 0 Å². The highest BCUT2D eigenvalue weighted by atomic mass is 32.1. The first-order chi connectivity index (χ1) is 6.54. The van der Waals surface area contributed by atoms with Crippen LogP contribution in [0.5, 0.6) is 10.8 Å². The lowest BCUT2D eigenvalue weighted by molar-refractivity contribution is -0.0500. The van der Waals surface area contributed by atoms with Crippen LogP contribution in [0.2, 0.25) is 0 Å². The van der Waals surface area contributed by atoms with Crippen molar-refractivity contribution < 1.29 is 28.2 Å². The summed E-state index contributed by atoms with van der Waals surface area (Å²) >= 11 is 0.729. The highest BCUT2D eigenvalue weighted by Crippen LogP contribution is 2.35. The van der Waals surface area contributed by atoms with Crippen molar-refractivity contribution in [3.63, 3.8) is 0 Å². The molecule has 0 unspecified atom stereocenters.